The van der Waals surface area contributed by atoms with Crippen LogP contribution in [-0.4, -0.2) is 23.8 Å². The minimum atomic E-state index is -0.839. The van der Waals surface area contributed by atoms with Crippen molar-refractivity contribution in [2.45, 2.75) is 44.6 Å². The molecular formula is C16H19N3O3. The van der Waals surface area contributed by atoms with Crippen LogP contribution in [0.15, 0.2) is 18.2 Å². The second-order valence-corrected chi connectivity index (χ2v) is 5.88. The predicted octanol–water partition coefficient (Wildman–Crippen LogP) is 0.144. The summed E-state index contributed by atoms with van der Waals surface area (Å²) in [5.41, 5.74) is 7.98. The molecule has 22 heavy (non-hydrogen) atoms. The molecule has 0 saturated heterocycles. The molecule has 3 rings (SSSR count). The third-order valence-electron chi connectivity index (χ3n) is 3.96. The molecular weight excluding hydrogens is 282 g/mol. The van der Waals surface area contributed by atoms with Gasteiger partial charge in [-0.3, -0.25) is 25.2 Å². The number of hydrogen-bond donors (Lipinski definition) is 3. The maximum absolute atomic E-state index is 11.8. The predicted molar refractivity (Wildman–Crippen MR) is 79.6 cm³/mol. The van der Waals surface area contributed by atoms with Crippen LogP contribution in [0.5, 0.6) is 0 Å². The van der Waals surface area contributed by atoms with E-state index in [1.165, 1.54) is 11.1 Å². The summed E-state index contributed by atoms with van der Waals surface area (Å²) in [6.45, 7) is 0. The van der Waals surface area contributed by atoms with Gasteiger partial charge in [-0.2, -0.15) is 0 Å². The Labute approximate surface area is 128 Å². The van der Waals surface area contributed by atoms with Crippen molar-refractivity contribution in [3.05, 3.63) is 34.9 Å². The maximum Gasteiger partial charge on any atom is 0.327 e. The lowest BCUT2D eigenvalue weighted by atomic mass is 10.0. The zero-order valence-electron chi connectivity index (χ0n) is 12.3. The van der Waals surface area contributed by atoms with Crippen molar-refractivity contribution < 1.29 is 14.4 Å². The zero-order valence-corrected chi connectivity index (χ0v) is 12.3. The van der Waals surface area contributed by atoms with Crippen molar-refractivity contribution in [3.8, 4) is 0 Å². The summed E-state index contributed by atoms with van der Waals surface area (Å²) in [6, 6.07) is 6.15. The van der Waals surface area contributed by atoms with Gasteiger partial charge in [0.25, 0.3) is 0 Å². The van der Waals surface area contributed by atoms with Gasteiger partial charge in [0.1, 0.15) is 0 Å². The Balaban J connectivity index is 1.45. The summed E-state index contributed by atoms with van der Waals surface area (Å²) in [5, 5.41) is 2.55. The molecule has 3 amide bonds. The molecule has 0 spiro atoms. The van der Waals surface area contributed by atoms with Crippen molar-refractivity contribution in [1.29, 1.82) is 0 Å². The summed E-state index contributed by atoms with van der Waals surface area (Å²) >= 11 is 0. The van der Waals surface area contributed by atoms with Gasteiger partial charge in [0.15, 0.2) is 0 Å². The van der Waals surface area contributed by atoms with Crippen molar-refractivity contribution in [1.82, 2.24) is 16.2 Å². The number of carbonyl (C=O) groups is 3. The van der Waals surface area contributed by atoms with Gasteiger partial charge in [0, 0.05) is 6.04 Å². The molecule has 0 aliphatic heterocycles. The lowest BCUT2D eigenvalue weighted by molar-refractivity contribution is -0.140. The number of nitrogens with one attached hydrogen (secondary N) is 3. The number of rotatable bonds is 3. The Morgan fingerprint density at radius 2 is 1.77 bits per heavy atom. The highest BCUT2D eigenvalue weighted by molar-refractivity contribution is 6.35. The second-order valence-electron chi connectivity index (χ2n) is 5.88. The number of benzene rings is 1. The summed E-state index contributed by atoms with van der Waals surface area (Å²) < 4.78 is 0. The largest absolute Gasteiger partial charge is 0.345 e. The zero-order chi connectivity index (χ0) is 15.5. The Morgan fingerprint density at radius 3 is 2.55 bits per heavy atom. The normalized spacial score (nSPS) is 15.8. The van der Waals surface area contributed by atoms with Gasteiger partial charge in [0.2, 0.25) is 5.91 Å². The molecule has 0 aromatic heterocycles. The number of hydrogen-bond acceptors (Lipinski definition) is 3. The van der Waals surface area contributed by atoms with Crippen LogP contribution in [0, 0.1) is 0 Å². The maximum atomic E-state index is 11.8. The summed E-state index contributed by atoms with van der Waals surface area (Å²) in [7, 11) is 0. The topological polar surface area (TPSA) is 87.3 Å². The molecule has 6 nitrogen and oxygen atoms in total. The molecule has 1 fully saturated rings. The van der Waals surface area contributed by atoms with Crippen LogP contribution in [0.1, 0.15) is 36.0 Å². The lowest BCUT2D eigenvalue weighted by Crippen LogP contribution is -2.49. The van der Waals surface area contributed by atoms with Gasteiger partial charge < -0.3 is 5.32 Å². The fraction of sp³-hybridized carbons (Fsp3) is 0.438. The first-order chi connectivity index (χ1) is 10.6. The molecule has 1 aromatic rings. The second kappa shape index (κ2) is 6.17. The standard InChI is InChI=1S/C16H19N3O3/c20-14(18-19-16(22)15(21)17-13-6-7-13)9-10-4-5-11-2-1-3-12(11)8-10/h4-5,8,13H,1-3,6-7,9H2,(H,17,21)(H,18,20)(H,19,22). The Kier molecular flexibility index (Phi) is 4.09. The van der Waals surface area contributed by atoms with E-state index >= 15 is 0 Å². The molecule has 6 heteroatoms. The van der Waals surface area contributed by atoms with Gasteiger partial charge in [-0.15, -0.1) is 0 Å². The molecule has 116 valence electrons. The number of fused-ring (bicyclic) bond motifs is 1. The van der Waals surface area contributed by atoms with Crippen molar-refractivity contribution >= 4 is 17.7 Å². The minimum Gasteiger partial charge on any atom is -0.345 e. The van der Waals surface area contributed by atoms with Gasteiger partial charge in [0.05, 0.1) is 6.42 Å². The first-order valence-electron chi connectivity index (χ1n) is 7.62. The Morgan fingerprint density at radius 1 is 1.00 bits per heavy atom. The molecule has 2 aliphatic rings. The van der Waals surface area contributed by atoms with E-state index in [-0.39, 0.29) is 18.4 Å². The van der Waals surface area contributed by atoms with E-state index in [4.69, 9.17) is 0 Å². The van der Waals surface area contributed by atoms with Crippen LogP contribution in [-0.2, 0) is 33.6 Å². The molecule has 3 N–H and O–H groups in total. The van der Waals surface area contributed by atoms with E-state index in [0.29, 0.717) is 0 Å². The highest BCUT2D eigenvalue weighted by atomic mass is 16.2. The first-order valence-corrected chi connectivity index (χ1v) is 7.62. The molecule has 0 atom stereocenters. The fourth-order valence-corrected chi connectivity index (χ4v) is 2.63. The molecule has 0 radical (unpaired) electrons. The number of carbonyl (C=O) groups excluding carboxylic acids is 3. The van der Waals surface area contributed by atoms with E-state index in [1.807, 2.05) is 12.1 Å². The average Bonchev–Trinajstić information content (AvgIpc) is 3.19. The lowest BCUT2D eigenvalue weighted by Gasteiger charge is -2.08. The quantitative estimate of drug-likeness (QED) is 0.548. The SMILES string of the molecule is O=C(Cc1ccc2c(c1)CCC2)NNC(=O)C(=O)NC1CC1. The summed E-state index contributed by atoms with van der Waals surface area (Å²) in [4.78, 5) is 34.7. The summed E-state index contributed by atoms with van der Waals surface area (Å²) in [5.74, 6) is -1.89. The van der Waals surface area contributed by atoms with Crippen LogP contribution in [0.25, 0.3) is 0 Å². The molecule has 1 saturated carbocycles. The van der Waals surface area contributed by atoms with Crippen molar-refractivity contribution in [2.75, 3.05) is 0 Å². The summed E-state index contributed by atoms with van der Waals surface area (Å²) in [6.07, 6.45) is 5.32. The molecule has 0 heterocycles. The smallest absolute Gasteiger partial charge is 0.327 e. The third kappa shape index (κ3) is 3.63. The van der Waals surface area contributed by atoms with Gasteiger partial charge in [-0.05, 0) is 48.8 Å². The van der Waals surface area contributed by atoms with E-state index in [0.717, 1.165) is 37.7 Å². The van der Waals surface area contributed by atoms with Crippen molar-refractivity contribution in [3.63, 3.8) is 0 Å². The van der Waals surface area contributed by atoms with E-state index in [1.54, 1.807) is 0 Å². The highest BCUT2D eigenvalue weighted by Gasteiger charge is 2.26. The van der Waals surface area contributed by atoms with Crippen LogP contribution in [0.2, 0.25) is 0 Å². The molecule has 2 aliphatic carbocycles. The third-order valence-corrected chi connectivity index (χ3v) is 3.96. The van der Waals surface area contributed by atoms with Gasteiger partial charge in [-0.25, -0.2) is 0 Å². The van der Waals surface area contributed by atoms with Crippen LogP contribution < -0.4 is 16.2 Å². The van der Waals surface area contributed by atoms with Gasteiger partial charge in [-0.1, -0.05) is 18.2 Å². The monoisotopic (exact) mass is 301 g/mol. The number of aryl methyl sites for hydroxylation is 2. The molecule has 0 bridgehead atoms. The molecule has 0 unspecified atom stereocenters. The van der Waals surface area contributed by atoms with Crippen LogP contribution in [0.4, 0.5) is 0 Å². The highest BCUT2D eigenvalue weighted by Crippen LogP contribution is 2.22. The molecule has 1 aromatic carbocycles. The van der Waals surface area contributed by atoms with Gasteiger partial charge >= 0.3 is 11.8 Å². The number of hydrazine groups is 1. The van der Waals surface area contributed by atoms with E-state index in [2.05, 4.69) is 22.2 Å². The minimum absolute atomic E-state index is 0.111. The number of amides is 3. The fourth-order valence-electron chi connectivity index (χ4n) is 2.63. The Hall–Kier alpha value is -2.37. The van der Waals surface area contributed by atoms with E-state index < -0.39 is 11.8 Å². The average molecular weight is 301 g/mol. The van der Waals surface area contributed by atoms with E-state index in [9.17, 15) is 14.4 Å². The van der Waals surface area contributed by atoms with Crippen LogP contribution >= 0.6 is 0 Å². The van der Waals surface area contributed by atoms with Crippen LogP contribution in [0.3, 0.4) is 0 Å². The first kappa shape index (κ1) is 14.6. The van der Waals surface area contributed by atoms with Crippen molar-refractivity contribution in [2.24, 2.45) is 0 Å². The Bertz CT molecular complexity index is 623.